The fraction of sp³-hybridized carbons (Fsp3) is 0.286. The van der Waals surface area contributed by atoms with Crippen molar-refractivity contribution < 1.29 is 0 Å². The van der Waals surface area contributed by atoms with Crippen molar-refractivity contribution >= 4 is 12.4 Å². The summed E-state index contributed by atoms with van der Waals surface area (Å²) < 4.78 is 1.99. The molecule has 56 valence electrons. The molecular weight excluding hydrogens is 148 g/mol. The molecule has 1 heterocycles. The first kappa shape index (κ1) is 9.24. The van der Waals surface area contributed by atoms with Crippen LogP contribution in [-0.4, -0.2) is 9.55 Å². The van der Waals surface area contributed by atoms with Crippen LogP contribution in [-0.2, 0) is 0 Å². The Kier molecular flexibility index (Phi) is 3.81. The molecule has 0 bridgehead atoms. The van der Waals surface area contributed by atoms with Crippen molar-refractivity contribution in [1.29, 1.82) is 0 Å². The van der Waals surface area contributed by atoms with Gasteiger partial charge in [0.2, 0.25) is 0 Å². The first-order valence-electron chi connectivity index (χ1n) is 2.94. The van der Waals surface area contributed by atoms with Gasteiger partial charge in [0.1, 0.15) is 0 Å². The van der Waals surface area contributed by atoms with Crippen molar-refractivity contribution in [3.63, 3.8) is 0 Å². The zero-order chi connectivity index (χ0) is 6.69. The van der Waals surface area contributed by atoms with Crippen LogP contribution in [0.1, 0.15) is 13.0 Å². The summed E-state index contributed by atoms with van der Waals surface area (Å²) in [5.74, 6) is 0. The van der Waals surface area contributed by atoms with E-state index in [1.807, 2.05) is 16.8 Å². The van der Waals surface area contributed by atoms with Gasteiger partial charge in [0, 0.05) is 18.4 Å². The molecule has 0 aliphatic carbocycles. The predicted molar refractivity (Wildman–Crippen MR) is 44.4 cm³/mol. The van der Waals surface area contributed by atoms with Crippen LogP contribution in [0.25, 0.3) is 0 Å². The molecule has 0 saturated heterocycles. The zero-order valence-electron chi connectivity index (χ0n) is 5.90. The van der Waals surface area contributed by atoms with E-state index in [4.69, 9.17) is 0 Å². The van der Waals surface area contributed by atoms with Crippen LogP contribution in [0.3, 0.4) is 0 Å². The van der Waals surface area contributed by atoms with E-state index in [0.717, 1.165) is 0 Å². The van der Waals surface area contributed by atoms with Gasteiger partial charge in [0.15, 0.2) is 0 Å². The maximum absolute atomic E-state index is 3.91. The van der Waals surface area contributed by atoms with Gasteiger partial charge in [0.25, 0.3) is 0 Å². The van der Waals surface area contributed by atoms with Crippen molar-refractivity contribution in [2.75, 3.05) is 0 Å². The number of rotatable bonds is 2. The molecule has 1 atom stereocenters. The van der Waals surface area contributed by atoms with E-state index in [1.165, 1.54) is 0 Å². The fourth-order valence-corrected chi connectivity index (χ4v) is 0.632. The van der Waals surface area contributed by atoms with E-state index in [1.54, 1.807) is 12.5 Å². The molecule has 0 N–H and O–H groups in total. The predicted octanol–water partition coefficient (Wildman–Crippen LogP) is 2.05. The Morgan fingerprint density at radius 2 is 2.40 bits per heavy atom. The van der Waals surface area contributed by atoms with Gasteiger partial charge in [-0.25, -0.2) is 4.98 Å². The molecule has 1 unspecified atom stereocenters. The first-order chi connectivity index (χ1) is 4.34. The molecule has 0 amide bonds. The minimum absolute atomic E-state index is 0. The quantitative estimate of drug-likeness (QED) is 0.603. The summed E-state index contributed by atoms with van der Waals surface area (Å²) in [5, 5.41) is 0. The maximum atomic E-state index is 3.91. The second kappa shape index (κ2) is 4.12. The fourth-order valence-electron chi connectivity index (χ4n) is 0.632. The summed E-state index contributed by atoms with van der Waals surface area (Å²) in [6, 6.07) is 0.354. The lowest BCUT2D eigenvalue weighted by Gasteiger charge is -2.04. The van der Waals surface area contributed by atoms with Gasteiger partial charge in [-0.2, -0.15) is 0 Å². The number of hydrogen-bond donors (Lipinski definition) is 0. The van der Waals surface area contributed by atoms with Crippen molar-refractivity contribution in [2.24, 2.45) is 0 Å². The Morgan fingerprint density at radius 1 is 1.70 bits per heavy atom. The van der Waals surface area contributed by atoms with Gasteiger partial charge in [-0.1, -0.05) is 6.08 Å². The van der Waals surface area contributed by atoms with E-state index in [0.29, 0.717) is 6.04 Å². The molecule has 0 saturated carbocycles. The number of halogens is 1. The topological polar surface area (TPSA) is 17.8 Å². The molecule has 2 nitrogen and oxygen atoms in total. The second-order valence-electron chi connectivity index (χ2n) is 1.99. The number of aromatic nitrogens is 2. The molecule has 0 spiro atoms. The van der Waals surface area contributed by atoms with E-state index in [2.05, 4.69) is 18.5 Å². The van der Waals surface area contributed by atoms with E-state index in [9.17, 15) is 0 Å². The van der Waals surface area contributed by atoms with Gasteiger partial charge in [-0.15, -0.1) is 19.0 Å². The minimum Gasteiger partial charge on any atom is -0.331 e. The molecule has 0 radical (unpaired) electrons. The number of nitrogens with zero attached hydrogens (tertiary/aromatic N) is 2. The van der Waals surface area contributed by atoms with Crippen LogP contribution in [0.15, 0.2) is 31.4 Å². The van der Waals surface area contributed by atoms with Gasteiger partial charge in [-0.05, 0) is 6.92 Å². The Hall–Kier alpha value is -0.760. The van der Waals surface area contributed by atoms with Gasteiger partial charge in [0.05, 0.1) is 6.33 Å². The largest absolute Gasteiger partial charge is 0.331 e. The Morgan fingerprint density at radius 3 is 2.80 bits per heavy atom. The molecule has 10 heavy (non-hydrogen) atoms. The van der Waals surface area contributed by atoms with Crippen molar-refractivity contribution in [3.05, 3.63) is 31.4 Å². The summed E-state index contributed by atoms with van der Waals surface area (Å²) in [6.45, 7) is 5.73. The number of hydrogen-bond acceptors (Lipinski definition) is 1. The molecule has 1 rings (SSSR count). The van der Waals surface area contributed by atoms with Crippen LogP contribution in [0.4, 0.5) is 0 Å². The monoisotopic (exact) mass is 158 g/mol. The molecule has 3 heteroatoms. The normalized spacial score (nSPS) is 11.7. The summed E-state index contributed by atoms with van der Waals surface area (Å²) in [4.78, 5) is 3.91. The third-order valence-electron chi connectivity index (χ3n) is 1.34. The highest BCUT2D eigenvalue weighted by Gasteiger charge is 1.93. The highest BCUT2D eigenvalue weighted by atomic mass is 35.5. The third kappa shape index (κ3) is 1.88. The third-order valence-corrected chi connectivity index (χ3v) is 1.34. The lowest BCUT2D eigenvalue weighted by Crippen LogP contribution is -1.96. The Balaban J connectivity index is 0.000000810. The first-order valence-corrected chi connectivity index (χ1v) is 2.94. The van der Waals surface area contributed by atoms with Gasteiger partial charge in [-0.3, -0.25) is 0 Å². The van der Waals surface area contributed by atoms with Crippen LogP contribution in [0.2, 0.25) is 0 Å². The average Bonchev–Trinajstić information content (AvgIpc) is 2.37. The maximum Gasteiger partial charge on any atom is 0.0951 e. The molecular formula is C7H11ClN2. The SMILES string of the molecule is C=CC(C)n1ccnc1.Cl. The minimum atomic E-state index is 0. The summed E-state index contributed by atoms with van der Waals surface area (Å²) >= 11 is 0. The van der Waals surface area contributed by atoms with Crippen LogP contribution in [0.5, 0.6) is 0 Å². The van der Waals surface area contributed by atoms with E-state index >= 15 is 0 Å². The Labute approximate surface area is 67.0 Å². The smallest absolute Gasteiger partial charge is 0.0951 e. The van der Waals surface area contributed by atoms with Crippen molar-refractivity contribution in [2.45, 2.75) is 13.0 Å². The molecule has 1 aromatic rings. The summed E-state index contributed by atoms with van der Waals surface area (Å²) in [6.07, 6.45) is 7.35. The second-order valence-corrected chi connectivity index (χ2v) is 1.99. The number of imidazole rings is 1. The highest BCUT2D eigenvalue weighted by Crippen LogP contribution is 2.03. The standard InChI is InChI=1S/C7H10N2.ClH/c1-3-7(2)9-5-4-8-6-9;/h3-7H,1H2,2H3;1H. The molecule has 0 aliphatic rings. The van der Waals surface area contributed by atoms with Gasteiger partial charge >= 0.3 is 0 Å². The highest BCUT2D eigenvalue weighted by molar-refractivity contribution is 5.85. The van der Waals surface area contributed by atoms with Crippen LogP contribution >= 0.6 is 12.4 Å². The molecule has 0 aromatic carbocycles. The average molecular weight is 159 g/mol. The molecule has 0 fully saturated rings. The van der Waals surface area contributed by atoms with Gasteiger partial charge < -0.3 is 4.57 Å². The van der Waals surface area contributed by atoms with E-state index < -0.39 is 0 Å². The molecule has 0 aliphatic heterocycles. The summed E-state index contributed by atoms with van der Waals surface area (Å²) in [5.41, 5.74) is 0. The van der Waals surface area contributed by atoms with Crippen LogP contribution in [0, 0.1) is 0 Å². The van der Waals surface area contributed by atoms with Crippen LogP contribution < -0.4 is 0 Å². The molecule has 1 aromatic heterocycles. The van der Waals surface area contributed by atoms with Crippen molar-refractivity contribution in [3.8, 4) is 0 Å². The lowest BCUT2D eigenvalue weighted by atomic mass is 10.3. The van der Waals surface area contributed by atoms with Crippen molar-refractivity contribution in [1.82, 2.24) is 9.55 Å². The Bertz CT molecular complexity index is 181. The lowest BCUT2D eigenvalue weighted by molar-refractivity contribution is 0.661. The summed E-state index contributed by atoms with van der Waals surface area (Å²) in [7, 11) is 0. The van der Waals surface area contributed by atoms with E-state index in [-0.39, 0.29) is 12.4 Å². The zero-order valence-corrected chi connectivity index (χ0v) is 6.71. The number of allylic oxidation sites excluding steroid dienone is 1.